The molecule has 0 aromatic heterocycles. The van der Waals surface area contributed by atoms with Gasteiger partial charge in [-0.05, 0) is 12.8 Å². The summed E-state index contributed by atoms with van der Waals surface area (Å²) in [4.78, 5) is 11.8. The number of hydrogen-bond acceptors (Lipinski definition) is 4. The smallest absolute Gasteiger partial charge is 0.221 e. The zero-order valence-corrected chi connectivity index (χ0v) is 12.7. The summed E-state index contributed by atoms with van der Waals surface area (Å²) >= 11 is 0. The van der Waals surface area contributed by atoms with Gasteiger partial charge in [0.25, 0.3) is 0 Å². The molecule has 0 radical (unpaired) electrons. The van der Waals surface area contributed by atoms with Crippen LogP contribution >= 0.6 is 0 Å². The topological polar surface area (TPSA) is 75.7 Å². The first-order chi connectivity index (χ1) is 9.58. The number of sulfonamides is 1. The highest BCUT2D eigenvalue weighted by molar-refractivity contribution is 7.89. The first kappa shape index (κ1) is 15.7. The molecule has 0 aromatic rings. The fourth-order valence-electron chi connectivity index (χ4n) is 2.72. The molecule has 116 valence electrons. The molecule has 2 aliphatic rings. The van der Waals surface area contributed by atoms with E-state index in [-0.39, 0.29) is 24.1 Å². The molecule has 0 spiro atoms. The van der Waals surface area contributed by atoms with Crippen LogP contribution in [0.15, 0.2) is 0 Å². The predicted molar refractivity (Wildman–Crippen MR) is 75.8 cm³/mol. The monoisotopic (exact) mass is 304 g/mol. The second kappa shape index (κ2) is 7.38. The van der Waals surface area contributed by atoms with Crippen LogP contribution < -0.4 is 5.32 Å². The van der Waals surface area contributed by atoms with Crippen molar-refractivity contribution in [1.29, 1.82) is 0 Å². The highest BCUT2D eigenvalue weighted by Crippen LogP contribution is 2.17. The van der Waals surface area contributed by atoms with Crippen molar-refractivity contribution in [3.8, 4) is 0 Å². The summed E-state index contributed by atoms with van der Waals surface area (Å²) in [5, 5.41) is 2.95. The largest absolute Gasteiger partial charge is 0.379 e. The predicted octanol–water partition coefficient (Wildman–Crippen LogP) is 0.487. The first-order valence-electron chi connectivity index (χ1n) is 7.43. The molecule has 7 heteroatoms. The Morgan fingerprint density at radius 1 is 1.15 bits per heavy atom. The van der Waals surface area contributed by atoms with Crippen LogP contribution in [0.25, 0.3) is 0 Å². The van der Waals surface area contributed by atoms with Crippen LogP contribution in [-0.2, 0) is 19.6 Å². The minimum Gasteiger partial charge on any atom is -0.379 e. The van der Waals surface area contributed by atoms with Crippen molar-refractivity contribution in [3.63, 3.8) is 0 Å². The summed E-state index contributed by atoms with van der Waals surface area (Å²) in [6.07, 6.45) is 5.62. The van der Waals surface area contributed by atoms with Gasteiger partial charge in [0.05, 0.1) is 19.0 Å². The van der Waals surface area contributed by atoms with Crippen molar-refractivity contribution < 1.29 is 17.9 Å². The molecule has 1 heterocycles. The molecule has 20 heavy (non-hydrogen) atoms. The van der Waals surface area contributed by atoms with E-state index >= 15 is 0 Å². The molecule has 1 saturated heterocycles. The number of morpholine rings is 1. The fourth-order valence-corrected chi connectivity index (χ4v) is 4.13. The van der Waals surface area contributed by atoms with E-state index in [9.17, 15) is 13.2 Å². The SMILES string of the molecule is O=C(CCS(=O)(=O)N1CCOCC1)NC1CCCCC1. The van der Waals surface area contributed by atoms with Gasteiger partial charge in [0, 0.05) is 25.6 Å². The lowest BCUT2D eigenvalue weighted by molar-refractivity contribution is -0.121. The molecule has 1 amide bonds. The summed E-state index contributed by atoms with van der Waals surface area (Å²) in [7, 11) is -3.33. The van der Waals surface area contributed by atoms with Crippen molar-refractivity contribution in [2.45, 2.75) is 44.6 Å². The third-order valence-corrected chi connectivity index (χ3v) is 5.79. The Morgan fingerprint density at radius 2 is 1.80 bits per heavy atom. The number of carbonyl (C=O) groups excluding carboxylic acids is 1. The van der Waals surface area contributed by atoms with Gasteiger partial charge in [-0.25, -0.2) is 8.42 Å². The number of carbonyl (C=O) groups is 1. The second-order valence-electron chi connectivity index (χ2n) is 5.48. The molecule has 0 atom stereocenters. The second-order valence-corrected chi connectivity index (χ2v) is 7.57. The lowest BCUT2D eigenvalue weighted by Crippen LogP contribution is -2.43. The highest BCUT2D eigenvalue weighted by Gasteiger charge is 2.25. The molecule has 0 unspecified atom stereocenters. The van der Waals surface area contributed by atoms with E-state index in [1.54, 1.807) is 0 Å². The third kappa shape index (κ3) is 4.71. The van der Waals surface area contributed by atoms with E-state index in [1.165, 1.54) is 10.7 Å². The van der Waals surface area contributed by atoms with Crippen molar-refractivity contribution in [1.82, 2.24) is 9.62 Å². The Kier molecular flexibility index (Phi) is 5.80. The van der Waals surface area contributed by atoms with E-state index in [0.29, 0.717) is 26.3 Å². The number of nitrogens with zero attached hydrogens (tertiary/aromatic N) is 1. The number of hydrogen-bond donors (Lipinski definition) is 1. The third-order valence-electron chi connectivity index (χ3n) is 3.92. The molecule has 6 nitrogen and oxygen atoms in total. The van der Waals surface area contributed by atoms with E-state index in [2.05, 4.69) is 5.32 Å². The Hall–Kier alpha value is -0.660. The number of nitrogens with one attached hydrogen (secondary N) is 1. The molecule has 2 fully saturated rings. The molecule has 0 aromatic carbocycles. The lowest BCUT2D eigenvalue weighted by Gasteiger charge is -2.26. The van der Waals surface area contributed by atoms with Crippen LogP contribution in [0.1, 0.15) is 38.5 Å². The average molecular weight is 304 g/mol. The molecular weight excluding hydrogens is 280 g/mol. The minimum absolute atomic E-state index is 0.0518. The van der Waals surface area contributed by atoms with Crippen molar-refractivity contribution in [2.24, 2.45) is 0 Å². The maximum atomic E-state index is 12.1. The molecular formula is C13H24N2O4S. The highest BCUT2D eigenvalue weighted by atomic mass is 32.2. The van der Waals surface area contributed by atoms with Crippen LogP contribution in [0.4, 0.5) is 0 Å². The standard InChI is InChI=1S/C13H24N2O4S/c16-13(14-12-4-2-1-3-5-12)6-11-20(17,18)15-7-9-19-10-8-15/h12H,1-11H2,(H,14,16). The van der Waals surface area contributed by atoms with E-state index in [4.69, 9.17) is 4.74 Å². The maximum absolute atomic E-state index is 12.1. The van der Waals surface area contributed by atoms with Crippen molar-refractivity contribution in [2.75, 3.05) is 32.1 Å². The molecule has 1 aliphatic heterocycles. The fraction of sp³-hybridized carbons (Fsp3) is 0.923. The van der Waals surface area contributed by atoms with Crippen molar-refractivity contribution >= 4 is 15.9 Å². The molecule has 0 bridgehead atoms. The zero-order valence-electron chi connectivity index (χ0n) is 11.8. The summed E-state index contributed by atoms with van der Waals surface area (Å²) in [5.74, 6) is -0.250. The Morgan fingerprint density at radius 3 is 2.45 bits per heavy atom. The minimum atomic E-state index is -3.33. The van der Waals surface area contributed by atoms with Crippen LogP contribution in [0, 0.1) is 0 Å². The van der Waals surface area contributed by atoms with Gasteiger partial charge in [-0.1, -0.05) is 19.3 Å². The lowest BCUT2D eigenvalue weighted by atomic mass is 9.95. The van der Waals surface area contributed by atoms with Gasteiger partial charge in [-0.3, -0.25) is 4.79 Å². The van der Waals surface area contributed by atoms with Gasteiger partial charge in [-0.2, -0.15) is 4.31 Å². The molecule has 2 rings (SSSR count). The van der Waals surface area contributed by atoms with E-state index < -0.39 is 10.0 Å². The Bertz CT molecular complexity index is 412. The van der Waals surface area contributed by atoms with E-state index in [0.717, 1.165) is 25.7 Å². The van der Waals surface area contributed by atoms with E-state index in [1.807, 2.05) is 0 Å². The van der Waals surface area contributed by atoms with Gasteiger partial charge in [-0.15, -0.1) is 0 Å². The Balaban J connectivity index is 1.73. The number of ether oxygens (including phenoxy) is 1. The van der Waals surface area contributed by atoms with Crippen LogP contribution in [0.5, 0.6) is 0 Å². The van der Waals surface area contributed by atoms with Crippen LogP contribution in [0.3, 0.4) is 0 Å². The van der Waals surface area contributed by atoms with Crippen molar-refractivity contribution in [3.05, 3.63) is 0 Å². The summed E-state index contributed by atoms with van der Waals surface area (Å²) in [6, 6.07) is 0.238. The van der Waals surface area contributed by atoms with Gasteiger partial charge in [0.2, 0.25) is 15.9 Å². The quantitative estimate of drug-likeness (QED) is 0.802. The van der Waals surface area contributed by atoms with Gasteiger partial charge in [0.1, 0.15) is 0 Å². The molecule has 1 saturated carbocycles. The van der Waals surface area contributed by atoms with Gasteiger partial charge in [0.15, 0.2) is 0 Å². The Labute approximate surface area is 120 Å². The van der Waals surface area contributed by atoms with Crippen LogP contribution in [-0.4, -0.2) is 56.7 Å². The van der Waals surface area contributed by atoms with Gasteiger partial charge < -0.3 is 10.1 Å². The number of rotatable bonds is 5. The average Bonchev–Trinajstić information content (AvgIpc) is 2.47. The number of amides is 1. The maximum Gasteiger partial charge on any atom is 0.221 e. The molecule has 1 N–H and O–H groups in total. The van der Waals surface area contributed by atoms with Gasteiger partial charge >= 0.3 is 0 Å². The summed E-state index contributed by atoms with van der Waals surface area (Å²) < 4.78 is 30.7. The summed E-state index contributed by atoms with van der Waals surface area (Å²) in [6.45, 7) is 1.67. The van der Waals surface area contributed by atoms with Crippen LogP contribution in [0.2, 0.25) is 0 Å². The normalized spacial score (nSPS) is 22.6. The first-order valence-corrected chi connectivity index (χ1v) is 9.04. The molecule has 1 aliphatic carbocycles. The summed E-state index contributed by atoms with van der Waals surface area (Å²) in [5.41, 5.74) is 0. The zero-order chi connectivity index (χ0) is 14.4.